The standard InChI is InChI=1S/C14H16ClN3/c1-9-3-4-11(12(15)7-9)8-13(16)14-5-6-17-10(2)18-14/h3-7,13H,8,16H2,1-2H3. The molecule has 0 saturated carbocycles. The number of benzene rings is 1. The Hall–Kier alpha value is -1.45. The van der Waals surface area contributed by atoms with Crippen LogP contribution in [0.4, 0.5) is 0 Å². The van der Waals surface area contributed by atoms with Crippen LogP contribution in [0.1, 0.15) is 28.7 Å². The van der Waals surface area contributed by atoms with Gasteiger partial charge in [0.2, 0.25) is 0 Å². The zero-order valence-corrected chi connectivity index (χ0v) is 11.3. The van der Waals surface area contributed by atoms with Gasteiger partial charge in [0, 0.05) is 11.2 Å². The van der Waals surface area contributed by atoms with E-state index in [1.807, 2.05) is 38.1 Å². The van der Waals surface area contributed by atoms with E-state index in [1.54, 1.807) is 6.20 Å². The van der Waals surface area contributed by atoms with Crippen molar-refractivity contribution in [2.45, 2.75) is 26.3 Å². The molecule has 2 N–H and O–H groups in total. The first-order valence-corrected chi connectivity index (χ1v) is 6.24. The van der Waals surface area contributed by atoms with Gasteiger partial charge in [-0.1, -0.05) is 23.7 Å². The van der Waals surface area contributed by atoms with Crippen molar-refractivity contribution in [2.24, 2.45) is 5.73 Å². The van der Waals surface area contributed by atoms with Gasteiger partial charge in [0.25, 0.3) is 0 Å². The summed E-state index contributed by atoms with van der Waals surface area (Å²) >= 11 is 6.20. The number of nitrogens with two attached hydrogens (primary N) is 1. The molecule has 0 amide bonds. The summed E-state index contributed by atoms with van der Waals surface area (Å²) in [6.07, 6.45) is 2.41. The van der Waals surface area contributed by atoms with Gasteiger partial charge in [-0.2, -0.15) is 0 Å². The Morgan fingerprint density at radius 1 is 1.28 bits per heavy atom. The summed E-state index contributed by atoms with van der Waals surface area (Å²) in [6.45, 7) is 3.87. The van der Waals surface area contributed by atoms with E-state index in [9.17, 15) is 0 Å². The second-order valence-electron chi connectivity index (χ2n) is 4.43. The summed E-state index contributed by atoms with van der Waals surface area (Å²) in [5, 5.41) is 0.760. The third kappa shape index (κ3) is 3.06. The van der Waals surface area contributed by atoms with E-state index in [0.717, 1.165) is 27.7 Å². The van der Waals surface area contributed by atoms with Gasteiger partial charge in [0.15, 0.2) is 0 Å². The molecule has 0 aliphatic carbocycles. The molecule has 2 aromatic rings. The topological polar surface area (TPSA) is 51.8 Å². The predicted octanol–water partition coefficient (Wildman–Crippen LogP) is 2.99. The molecule has 2 rings (SSSR count). The summed E-state index contributed by atoms with van der Waals surface area (Å²) in [6, 6.07) is 7.70. The van der Waals surface area contributed by atoms with Gasteiger partial charge in [-0.25, -0.2) is 9.97 Å². The highest BCUT2D eigenvalue weighted by Crippen LogP contribution is 2.22. The molecule has 0 spiro atoms. The van der Waals surface area contributed by atoms with Crippen LogP contribution in [-0.2, 0) is 6.42 Å². The first-order valence-electron chi connectivity index (χ1n) is 5.86. The number of aryl methyl sites for hydroxylation is 2. The van der Waals surface area contributed by atoms with Gasteiger partial charge >= 0.3 is 0 Å². The number of halogens is 1. The normalized spacial score (nSPS) is 12.4. The Morgan fingerprint density at radius 3 is 2.72 bits per heavy atom. The predicted molar refractivity (Wildman–Crippen MR) is 73.6 cm³/mol. The summed E-state index contributed by atoms with van der Waals surface area (Å²) in [4.78, 5) is 8.40. The van der Waals surface area contributed by atoms with Crippen molar-refractivity contribution in [3.8, 4) is 0 Å². The van der Waals surface area contributed by atoms with Crippen LogP contribution in [-0.4, -0.2) is 9.97 Å². The van der Waals surface area contributed by atoms with Crippen molar-refractivity contribution >= 4 is 11.6 Å². The Labute approximate surface area is 112 Å². The molecular formula is C14H16ClN3. The van der Waals surface area contributed by atoms with Gasteiger partial charge in [0.05, 0.1) is 11.7 Å². The lowest BCUT2D eigenvalue weighted by atomic mass is 10.0. The highest BCUT2D eigenvalue weighted by molar-refractivity contribution is 6.31. The van der Waals surface area contributed by atoms with Crippen LogP contribution >= 0.6 is 11.6 Å². The van der Waals surface area contributed by atoms with Crippen LogP contribution in [0.2, 0.25) is 5.02 Å². The zero-order chi connectivity index (χ0) is 13.1. The van der Waals surface area contributed by atoms with Crippen molar-refractivity contribution in [3.05, 3.63) is 58.1 Å². The van der Waals surface area contributed by atoms with E-state index in [0.29, 0.717) is 6.42 Å². The molecule has 0 aliphatic rings. The van der Waals surface area contributed by atoms with E-state index in [1.165, 1.54) is 0 Å². The Morgan fingerprint density at radius 2 is 2.06 bits per heavy atom. The van der Waals surface area contributed by atoms with E-state index in [-0.39, 0.29) is 6.04 Å². The van der Waals surface area contributed by atoms with Gasteiger partial charge in [0.1, 0.15) is 5.82 Å². The average molecular weight is 262 g/mol. The third-order valence-electron chi connectivity index (χ3n) is 2.83. The summed E-state index contributed by atoms with van der Waals surface area (Å²) in [7, 11) is 0. The molecule has 94 valence electrons. The molecule has 0 saturated heterocycles. The van der Waals surface area contributed by atoms with Crippen LogP contribution in [0.25, 0.3) is 0 Å². The van der Waals surface area contributed by atoms with Gasteiger partial charge in [-0.3, -0.25) is 0 Å². The molecule has 18 heavy (non-hydrogen) atoms. The highest BCUT2D eigenvalue weighted by Gasteiger charge is 2.11. The molecule has 1 atom stereocenters. The zero-order valence-electron chi connectivity index (χ0n) is 10.5. The summed E-state index contributed by atoms with van der Waals surface area (Å²) in [5.41, 5.74) is 9.20. The molecule has 0 radical (unpaired) electrons. The van der Waals surface area contributed by atoms with Crippen LogP contribution in [0, 0.1) is 13.8 Å². The van der Waals surface area contributed by atoms with Crippen molar-refractivity contribution in [1.29, 1.82) is 0 Å². The minimum Gasteiger partial charge on any atom is -0.322 e. The monoisotopic (exact) mass is 261 g/mol. The van der Waals surface area contributed by atoms with Crippen LogP contribution in [0.5, 0.6) is 0 Å². The number of hydrogen-bond donors (Lipinski definition) is 1. The molecule has 1 aromatic heterocycles. The number of rotatable bonds is 3. The lowest BCUT2D eigenvalue weighted by molar-refractivity contribution is 0.688. The average Bonchev–Trinajstić information content (AvgIpc) is 2.32. The SMILES string of the molecule is Cc1ccc(CC(N)c2ccnc(C)n2)c(Cl)c1. The highest BCUT2D eigenvalue weighted by atomic mass is 35.5. The summed E-state index contributed by atoms with van der Waals surface area (Å²) in [5.74, 6) is 0.734. The smallest absolute Gasteiger partial charge is 0.125 e. The van der Waals surface area contributed by atoms with Crippen molar-refractivity contribution in [3.63, 3.8) is 0 Å². The molecule has 3 nitrogen and oxygen atoms in total. The van der Waals surface area contributed by atoms with Crippen LogP contribution < -0.4 is 5.73 Å². The fourth-order valence-corrected chi connectivity index (χ4v) is 2.15. The Kier molecular flexibility index (Phi) is 3.94. The maximum absolute atomic E-state index is 6.20. The van der Waals surface area contributed by atoms with Crippen molar-refractivity contribution in [2.75, 3.05) is 0 Å². The van der Waals surface area contributed by atoms with E-state index in [4.69, 9.17) is 17.3 Å². The Balaban J connectivity index is 2.18. The molecule has 0 bridgehead atoms. The fourth-order valence-electron chi connectivity index (χ4n) is 1.84. The number of aromatic nitrogens is 2. The number of hydrogen-bond acceptors (Lipinski definition) is 3. The second-order valence-corrected chi connectivity index (χ2v) is 4.84. The second kappa shape index (κ2) is 5.46. The van der Waals surface area contributed by atoms with E-state index in [2.05, 4.69) is 9.97 Å². The largest absolute Gasteiger partial charge is 0.322 e. The van der Waals surface area contributed by atoms with E-state index < -0.39 is 0 Å². The molecular weight excluding hydrogens is 246 g/mol. The molecule has 0 aliphatic heterocycles. The molecule has 0 fully saturated rings. The first kappa shape index (κ1) is 13.0. The molecule has 4 heteroatoms. The summed E-state index contributed by atoms with van der Waals surface area (Å²) < 4.78 is 0. The number of nitrogens with zero attached hydrogens (tertiary/aromatic N) is 2. The van der Waals surface area contributed by atoms with Crippen molar-refractivity contribution < 1.29 is 0 Å². The Bertz CT molecular complexity index is 554. The first-order chi connectivity index (χ1) is 8.56. The minimum absolute atomic E-state index is 0.160. The van der Waals surface area contributed by atoms with Crippen LogP contribution in [0.3, 0.4) is 0 Å². The maximum atomic E-state index is 6.20. The van der Waals surface area contributed by atoms with Gasteiger partial charge in [-0.15, -0.1) is 0 Å². The fraction of sp³-hybridized carbons (Fsp3) is 0.286. The lowest BCUT2D eigenvalue weighted by Crippen LogP contribution is -2.15. The molecule has 1 aromatic carbocycles. The minimum atomic E-state index is -0.160. The molecule has 1 unspecified atom stereocenters. The molecule has 1 heterocycles. The van der Waals surface area contributed by atoms with Gasteiger partial charge in [-0.05, 0) is 43.5 Å². The van der Waals surface area contributed by atoms with Crippen LogP contribution in [0.15, 0.2) is 30.5 Å². The lowest BCUT2D eigenvalue weighted by Gasteiger charge is -2.13. The van der Waals surface area contributed by atoms with E-state index >= 15 is 0 Å². The third-order valence-corrected chi connectivity index (χ3v) is 3.18. The quantitative estimate of drug-likeness (QED) is 0.924. The maximum Gasteiger partial charge on any atom is 0.125 e. The van der Waals surface area contributed by atoms with Gasteiger partial charge < -0.3 is 5.73 Å². The van der Waals surface area contributed by atoms with Crippen molar-refractivity contribution in [1.82, 2.24) is 9.97 Å².